The van der Waals surface area contributed by atoms with E-state index in [-0.39, 0.29) is 5.91 Å². The highest BCUT2D eigenvalue weighted by Crippen LogP contribution is 2.22. The fourth-order valence-corrected chi connectivity index (χ4v) is 2.83. The van der Waals surface area contributed by atoms with Gasteiger partial charge in [-0.15, -0.1) is 0 Å². The average molecular weight is 333 g/mol. The van der Waals surface area contributed by atoms with Crippen LogP contribution in [0.4, 0.5) is 4.79 Å². The predicted molar refractivity (Wildman–Crippen MR) is 91.3 cm³/mol. The summed E-state index contributed by atoms with van der Waals surface area (Å²) in [6, 6.07) is 3.33. The third-order valence-electron chi connectivity index (χ3n) is 3.93. The molecule has 0 aromatic carbocycles. The van der Waals surface area contributed by atoms with E-state index in [9.17, 15) is 9.59 Å². The Morgan fingerprint density at radius 3 is 2.75 bits per heavy atom. The number of piperidine rings is 1. The summed E-state index contributed by atoms with van der Waals surface area (Å²) >= 11 is 0. The SMILES string of the molecule is CN(Cc1cccnc1)C(=O)[C@@H]1CCCCN1C(=O)OC(C)(C)C. The van der Waals surface area contributed by atoms with Crippen LogP contribution in [0.15, 0.2) is 24.5 Å². The summed E-state index contributed by atoms with van der Waals surface area (Å²) in [5.41, 5.74) is 0.400. The van der Waals surface area contributed by atoms with Gasteiger partial charge in [-0.25, -0.2) is 4.79 Å². The molecule has 2 rings (SSSR count). The van der Waals surface area contributed by atoms with E-state index < -0.39 is 17.7 Å². The van der Waals surface area contributed by atoms with Crippen molar-refractivity contribution in [3.05, 3.63) is 30.1 Å². The van der Waals surface area contributed by atoms with Gasteiger partial charge in [0.05, 0.1) is 0 Å². The van der Waals surface area contributed by atoms with Gasteiger partial charge < -0.3 is 9.64 Å². The van der Waals surface area contributed by atoms with Crippen molar-refractivity contribution in [3.63, 3.8) is 0 Å². The van der Waals surface area contributed by atoms with Crippen LogP contribution in [0.1, 0.15) is 45.6 Å². The summed E-state index contributed by atoms with van der Waals surface area (Å²) in [5.74, 6) is -0.0515. The molecule has 24 heavy (non-hydrogen) atoms. The minimum absolute atomic E-state index is 0.0515. The van der Waals surface area contributed by atoms with Crippen LogP contribution < -0.4 is 0 Å². The second-order valence-electron chi connectivity index (χ2n) is 7.24. The normalized spacial score (nSPS) is 18.2. The first-order chi connectivity index (χ1) is 11.3. The van der Waals surface area contributed by atoms with Gasteiger partial charge in [0, 0.05) is 32.5 Å². The molecule has 132 valence electrons. The smallest absolute Gasteiger partial charge is 0.410 e. The van der Waals surface area contributed by atoms with Crippen LogP contribution in [-0.2, 0) is 16.1 Å². The molecule has 1 fully saturated rings. The highest BCUT2D eigenvalue weighted by molar-refractivity contribution is 5.85. The molecule has 6 heteroatoms. The minimum atomic E-state index is -0.566. The molecule has 1 aliphatic heterocycles. The lowest BCUT2D eigenvalue weighted by atomic mass is 10.0. The monoisotopic (exact) mass is 333 g/mol. The van der Waals surface area contributed by atoms with Gasteiger partial charge in [0.1, 0.15) is 11.6 Å². The second-order valence-corrected chi connectivity index (χ2v) is 7.24. The van der Waals surface area contributed by atoms with Crippen molar-refractivity contribution in [3.8, 4) is 0 Å². The molecule has 2 heterocycles. The molecule has 0 spiro atoms. The highest BCUT2D eigenvalue weighted by atomic mass is 16.6. The lowest BCUT2D eigenvalue weighted by molar-refractivity contribution is -0.137. The molecule has 0 radical (unpaired) electrons. The first-order valence-electron chi connectivity index (χ1n) is 8.41. The summed E-state index contributed by atoms with van der Waals surface area (Å²) < 4.78 is 5.46. The number of amides is 2. The number of hydrogen-bond donors (Lipinski definition) is 0. The Morgan fingerprint density at radius 1 is 1.38 bits per heavy atom. The van der Waals surface area contributed by atoms with Gasteiger partial charge in [0.2, 0.25) is 5.91 Å². The number of hydrogen-bond acceptors (Lipinski definition) is 4. The lowest BCUT2D eigenvalue weighted by Gasteiger charge is -2.37. The Bertz CT molecular complexity index is 569. The third kappa shape index (κ3) is 4.94. The Hall–Kier alpha value is -2.11. The molecular formula is C18H27N3O3. The summed E-state index contributed by atoms with van der Waals surface area (Å²) in [6.45, 7) is 6.54. The van der Waals surface area contributed by atoms with E-state index in [2.05, 4.69) is 4.98 Å². The Morgan fingerprint density at radius 2 is 2.12 bits per heavy atom. The van der Waals surface area contributed by atoms with Crippen LogP contribution >= 0.6 is 0 Å². The van der Waals surface area contributed by atoms with Gasteiger partial charge >= 0.3 is 6.09 Å². The molecule has 1 atom stereocenters. The Labute approximate surface area is 143 Å². The zero-order chi connectivity index (χ0) is 17.7. The number of ether oxygens (including phenoxy) is 1. The maximum absolute atomic E-state index is 12.8. The van der Waals surface area contributed by atoms with Crippen molar-refractivity contribution in [2.24, 2.45) is 0 Å². The fourth-order valence-electron chi connectivity index (χ4n) is 2.83. The maximum atomic E-state index is 12.8. The topological polar surface area (TPSA) is 62.7 Å². The average Bonchev–Trinajstić information content (AvgIpc) is 2.53. The van der Waals surface area contributed by atoms with Crippen molar-refractivity contribution in [2.45, 2.75) is 58.2 Å². The number of rotatable bonds is 3. The first-order valence-corrected chi connectivity index (χ1v) is 8.41. The zero-order valence-corrected chi connectivity index (χ0v) is 15.0. The largest absolute Gasteiger partial charge is 0.444 e. The van der Waals surface area contributed by atoms with Crippen LogP contribution in [0.25, 0.3) is 0 Å². The summed E-state index contributed by atoms with van der Waals surface area (Å²) in [5, 5.41) is 0. The predicted octanol–water partition coefficient (Wildman–Crippen LogP) is 2.83. The summed E-state index contributed by atoms with van der Waals surface area (Å²) in [4.78, 5) is 32.6. The van der Waals surface area contributed by atoms with E-state index in [4.69, 9.17) is 4.74 Å². The van der Waals surface area contributed by atoms with E-state index in [1.165, 1.54) is 0 Å². The molecule has 6 nitrogen and oxygen atoms in total. The number of likely N-dealkylation sites (tertiary alicyclic amines) is 1. The van der Waals surface area contributed by atoms with E-state index in [0.29, 0.717) is 19.5 Å². The number of carbonyl (C=O) groups excluding carboxylic acids is 2. The van der Waals surface area contributed by atoms with Crippen molar-refractivity contribution < 1.29 is 14.3 Å². The highest BCUT2D eigenvalue weighted by Gasteiger charge is 2.36. The van der Waals surface area contributed by atoms with Crippen LogP contribution in [-0.4, -0.2) is 52.0 Å². The molecule has 0 N–H and O–H groups in total. The van der Waals surface area contributed by atoms with E-state index in [0.717, 1.165) is 18.4 Å². The molecule has 1 aliphatic rings. The van der Waals surface area contributed by atoms with Gasteiger partial charge in [-0.3, -0.25) is 14.7 Å². The van der Waals surface area contributed by atoms with Crippen molar-refractivity contribution in [1.29, 1.82) is 0 Å². The van der Waals surface area contributed by atoms with Crippen LogP contribution in [0, 0.1) is 0 Å². The first kappa shape index (κ1) is 18.2. The molecule has 0 bridgehead atoms. The Balaban J connectivity index is 2.05. The number of nitrogens with zero attached hydrogens (tertiary/aromatic N) is 3. The second kappa shape index (κ2) is 7.64. The van der Waals surface area contributed by atoms with Crippen molar-refractivity contribution in [1.82, 2.24) is 14.8 Å². The molecule has 2 amide bonds. The number of carbonyl (C=O) groups is 2. The third-order valence-corrected chi connectivity index (χ3v) is 3.93. The van der Waals surface area contributed by atoms with Crippen LogP contribution in [0.2, 0.25) is 0 Å². The Kier molecular flexibility index (Phi) is 5.80. The number of pyridine rings is 1. The minimum Gasteiger partial charge on any atom is -0.444 e. The molecular weight excluding hydrogens is 306 g/mol. The molecule has 1 aromatic rings. The summed E-state index contributed by atoms with van der Waals surface area (Å²) in [6.07, 6.45) is 5.56. The van der Waals surface area contributed by atoms with Gasteiger partial charge in [0.25, 0.3) is 0 Å². The number of likely N-dealkylation sites (N-methyl/N-ethyl adjacent to an activating group) is 1. The number of aromatic nitrogens is 1. The van der Waals surface area contributed by atoms with E-state index in [1.807, 2.05) is 32.9 Å². The van der Waals surface area contributed by atoms with E-state index >= 15 is 0 Å². The quantitative estimate of drug-likeness (QED) is 0.853. The maximum Gasteiger partial charge on any atom is 0.410 e. The lowest BCUT2D eigenvalue weighted by Crippen LogP contribution is -2.53. The zero-order valence-electron chi connectivity index (χ0n) is 15.0. The summed E-state index contributed by atoms with van der Waals surface area (Å²) in [7, 11) is 1.76. The molecule has 0 saturated carbocycles. The van der Waals surface area contributed by atoms with Gasteiger partial charge in [-0.1, -0.05) is 6.07 Å². The molecule has 0 aliphatic carbocycles. The van der Waals surface area contributed by atoms with Crippen molar-refractivity contribution >= 4 is 12.0 Å². The standard InChI is InChI=1S/C18H27N3O3/c1-18(2,3)24-17(23)21-11-6-5-9-15(21)16(22)20(4)13-14-8-7-10-19-12-14/h7-8,10,12,15H,5-6,9,11,13H2,1-4H3/t15-/m0/s1. The van der Waals surface area contributed by atoms with Crippen LogP contribution in [0.3, 0.4) is 0 Å². The van der Waals surface area contributed by atoms with E-state index in [1.54, 1.807) is 29.2 Å². The molecule has 1 aromatic heterocycles. The van der Waals surface area contributed by atoms with Crippen LogP contribution in [0.5, 0.6) is 0 Å². The fraction of sp³-hybridized carbons (Fsp3) is 0.611. The van der Waals surface area contributed by atoms with Crippen molar-refractivity contribution in [2.75, 3.05) is 13.6 Å². The van der Waals surface area contributed by atoms with Gasteiger partial charge in [-0.2, -0.15) is 0 Å². The van der Waals surface area contributed by atoms with Gasteiger partial charge in [0.15, 0.2) is 0 Å². The molecule has 1 saturated heterocycles. The molecule has 0 unspecified atom stereocenters. The van der Waals surface area contributed by atoms with Gasteiger partial charge in [-0.05, 0) is 51.7 Å².